The monoisotopic (exact) mass is 283 g/mol. The van der Waals surface area contributed by atoms with Crippen molar-refractivity contribution in [3.05, 3.63) is 59.9 Å². The molecule has 0 saturated carbocycles. The number of carbonyl (C=O) groups is 1. The van der Waals surface area contributed by atoms with Gasteiger partial charge in [0.1, 0.15) is 11.4 Å². The Morgan fingerprint density at radius 3 is 2.62 bits per heavy atom. The van der Waals surface area contributed by atoms with E-state index in [-0.39, 0.29) is 5.91 Å². The molecule has 0 bridgehead atoms. The van der Waals surface area contributed by atoms with Gasteiger partial charge in [0.05, 0.1) is 7.11 Å². The Morgan fingerprint density at radius 2 is 2.00 bits per heavy atom. The van der Waals surface area contributed by atoms with E-state index in [1.165, 1.54) is 0 Å². The lowest BCUT2D eigenvalue weighted by molar-refractivity contribution is 0.0949. The molecule has 0 saturated heterocycles. The van der Waals surface area contributed by atoms with Crippen molar-refractivity contribution in [2.75, 3.05) is 7.11 Å². The highest BCUT2D eigenvalue weighted by molar-refractivity contribution is 5.93. The van der Waals surface area contributed by atoms with Crippen molar-refractivity contribution < 1.29 is 9.53 Å². The predicted molar refractivity (Wildman–Crippen MR) is 81.5 cm³/mol. The van der Waals surface area contributed by atoms with Gasteiger partial charge in [0.2, 0.25) is 0 Å². The molecule has 0 spiro atoms. The molecular weight excluding hydrogens is 266 g/mol. The Kier molecular flexibility index (Phi) is 5.04. The molecule has 21 heavy (non-hydrogen) atoms. The second kappa shape index (κ2) is 7.19. The number of ether oxygens (including phenoxy) is 1. The minimum atomic E-state index is -0.315. The molecule has 5 nitrogen and oxygen atoms in total. The first-order valence-electron chi connectivity index (χ1n) is 6.56. The summed E-state index contributed by atoms with van der Waals surface area (Å²) in [4.78, 5) is 15.8. The van der Waals surface area contributed by atoms with E-state index in [1.807, 2.05) is 31.2 Å². The Hall–Kier alpha value is -2.69. The largest absolute Gasteiger partial charge is 0.497 e. The lowest BCUT2D eigenvalue weighted by atomic mass is 10.1. The van der Waals surface area contributed by atoms with Crippen LogP contribution in [-0.4, -0.2) is 23.7 Å². The average molecular weight is 283 g/mol. The normalized spacial score (nSPS) is 11.0. The number of pyridine rings is 1. The first-order valence-corrected chi connectivity index (χ1v) is 6.56. The van der Waals surface area contributed by atoms with Crippen LogP contribution in [0.15, 0.2) is 53.8 Å². The molecule has 1 aromatic heterocycles. The summed E-state index contributed by atoms with van der Waals surface area (Å²) in [6.07, 6.45) is 2.23. The van der Waals surface area contributed by atoms with E-state index in [1.54, 1.807) is 31.5 Å². The molecule has 2 aromatic rings. The van der Waals surface area contributed by atoms with E-state index in [0.717, 1.165) is 17.0 Å². The maximum Gasteiger partial charge on any atom is 0.289 e. The van der Waals surface area contributed by atoms with Crippen molar-refractivity contribution in [1.82, 2.24) is 10.4 Å². The van der Waals surface area contributed by atoms with Crippen LogP contribution >= 0.6 is 0 Å². The van der Waals surface area contributed by atoms with E-state index in [2.05, 4.69) is 15.5 Å². The number of amides is 1. The number of benzene rings is 1. The fraction of sp³-hybridized carbons (Fsp3) is 0.188. The number of hydrazone groups is 1. The number of aromatic nitrogens is 1. The smallest absolute Gasteiger partial charge is 0.289 e. The molecule has 1 aromatic carbocycles. The highest BCUT2D eigenvalue weighted by atomic mass is 16.5. The Bertz CT molecular complexity index is 622. The third kappa shape index (κ3) is 4.42. The van der Waals surface area contributed by atoms with Crippen molar-refractivity contribution >= 4 is 11.6 Å². The summed E-state index contributed by atoms with van der Waals surface area (Å²) in [5.41, 5.74) is 4.76. The van der Waals surface area contributed by atoms with E-state index in [4.69, 9.17) is 4.74 Å². The molecule has 0 radical (unpaired) electrons. The predicted octanol–water partition coefficient (Wildman–Crippen LogP) is 2.44. The number of nitrogens with zero attached hydrogens (tertiary/aromatic N) is 2. The Morgan fingerprint density at radius 1 is 1.24 bits per heavy atom. The van der Waals surface area contributed by atoms with Gasteiger partial charge in [0.15, 0.2) is 0 Å². The number of hydrogen-bond acceptors (Lipinski definition) is 4. The average Bonchev–Trinajstić information content (AvgIpc) is 2.54. The van der Waals surface area contributed by atoms with Crippen LogP contribution in [0.3, 0.4) is 0 Å². The topological polar surface area (TPSA) is 63.6 Å². The fourth-order valence-electron chi connectivity index (χ4n) is 1.78. The zero-order valence-corrected chi connectivity index (χ0v) is 12.0. The molecule has 1 N–H and O–H groups in total. The summed E-state index contributed by atoms with van der Waals surface area (Å²) >= 11 is 0. The first-order chi connectivity index (χ1) is 10.2. The second-order valence-corrected chi connectivity index (χ2v) is 4.53. The van der Waals surface area contributed by atoms with Gasteiger partial charge < -0.3 is 4.74 Å². The molecule has 0 atom stereocenters. The number of nitrogens with one attached hydrogen (secondary N) is 1. The summed E-state index contributed by atoms with van der Waals surface area (Å²) in [6.45, 7) is 1.86. The zero-order chi connectivity index (χ0) is 15.1. The van der Waals surface area contributed by atoms with E-state index in [9.17, 15) is 4.79 Å². The van der Waals surface area contributed by atoms with Gasteiger partial charge in [-0.2, -0.15) is 5.10 Å². The highest BCUT2D eigenvalue weighted by Crippen LogP contribution is 2.11. The summed E-state index contributed by atoms with van der Waals surface area (Å²) in [5, 5.41) is 4.08. The third-order valence-corrected chi connectivity index (χ3v) is 2.86. The standard InChI is InChI=1S/C16H17N3O2/c1-12(11-13-6-8-14(21-2)9-7-13)18-19-16(20)15-5-3-4-10-17-15/h3-10H,11H2,1-2H3,(H,19,20)/b18-12-. The first kappa shape index (κ1) is 14.7. The van der Waals surface area contributed by atoms with E-state index < -0.39 is 0 Å². The SMILES string of the molecule is COc1ccc(C/C(C)=N\NC(=O)c2ccccn2)cc1. The van der Waals surface area contributed by atoms with Gasteiger partial charge in [-0.25, -0.2) is 5.43 Å². The van der Waals surface area contributed by atoms with Crippen molar-refractivity contribution in [2.24, 2.45) is 5.10 Å². The lowest BCUT2D eigenvalue weighted by Gasteiger charge is -2.04. The van der Waals surface area contributed by atoms with Gasteiger partial charge in [0.25, 0.3) is 5.91 Å². The van der Waals surface area contributed by atoms with Crippen LogP contribution in [0.1, 0.15) is 23.0 Å². The van der Waals surface area contributed by atoms with Crippen molar-refractivity contribution in [1.29, 1.82) is 0 Å². The highest BCUT2D eigenvalue weighted by Gasteiger charge is 2.04. The zero-order valence-electron chi connectivity index (χ0n) is 12.0. The molecule has 0 aliphatic rings. The van der Waals surface area contributed by atoms with Crippen molar-refractivity contribution in [3.8, 4) is 5.75 Å². The van der Waals surface area contributed by atoms with E-state index >= 15 is 0 Å². The maximum absolute atomic E-state index is 11.8. The number of methoxy groups -OCH3 is 1. The van der Waals surface area contributed by atoms with Crippen LogP contribution in [0.25, 0.3) is 0 Å². The van der Waals surface area contributed by atoms with Gasteiger partial charge >= 0.3 is 0 Å². The molecule has 1 amide bonds. The molecule has 1 heterocycles. The number of rotatable bonds is 5. The second-order valence-electron chi connectivity index (χ2n) is 4.53. The van der Waals surface area contributed by atoms with Crippen LogP contribution in [0, 0.1) is 0 Å². The number of hydrogen-bond donors (Lipinski definition) is 1. The minimum Gasteiger partial charge on any atom is -0.497 e. The molecule has 0 unspecified atom stereocenters. The summed E-state index contributed by atoms with van der Waals surface area (Å²) in [6, 6.07) is 12.9. The van der Waals surface area contributed by atoms with Gasteiger partial charge in [0, 0.05) is 18.3 Å². The fourth-order valence-corrected chi connectivity index (χ4v) is 1.78. The van der Waals surface area contributed by atoms with Crippen LogP contribution < -0.4 is 10.2 Å². The Balaban J connectivity index is 1.93. The van der Waals surface area contributed by atoms with Crippen molar-refractivity contribution in [3.63, 3.8) is 0 Å². The van der Waals surface area contributed by atoms with E-state index in [0.29, 0.717) is 12.1 Å². The van der Waals surface area contributed by atoms with Crippen LogP contribution in [0.5, 0.6) is 5.75 Å². The van der Waals surface area contributed by atoms with Crippen molar-refractivity contribution in [2.45, 2.75) is 13.3 Å². The van der Waals surface area contributed by atoms with Gasteiger partial charge in [-0.3, -0.25) is 9.78 Å². The number of carbonyl (C=O) groups excluding carboxylic acids is 1. The van der Waals surface area contributed by atoms with Gasteiger partial charge in [-0.15, -0.1) is 0 Å². The summed E-state index contributed by atoms with van der Waals surface area (Å²) in [7, 11) is 1.63. The minimum absolute atomic E-state index is 0.315. The lowest BCUT2D eigenvalue weighted by Crippen LogP contribution is -2.20. The van der Waals surface area contributed by atoms with Gasteiger partial charge in [-0.05, 0) is 36.8 Å². The third-order valence-electron chi connectivity index (χ3n) is 2.86. The molecule has 0 aliphatic carbocycles. The Labute approximate surface area is 123 Å². The molecule has 0 aliphatic heterocycles. The molecule has 5 heteroatoms. The van der Waals surface area contributed by atoms with Crippen LogP contribution in [-0.2, 0) is 6.42 Å². The molecule has 0 fully saturated rings. The molecular formula is C16H17N3O2. The quantitative estimate of drug-likeness (QED) is 0.677. The maximum atomic E-state index is 11.8. The molecule has 108 valence electrons. The van der Waals surface area contributed by atoms with Crippen LogP contribution in [0.4, 0.5) is 0 Å². The van der Waals surface area contributed by atoms with Gasteiger partial charge in [-0.1, -0.05) is 18.2 Å². The summed E-state index contributed by atoms with van der Waals surface area (Å²) in [5.74, 6) is 0.501. The van der Waals surface area contributed by atoms with Crippen LogP contribution in [0.2, 0.25) is 0 Å². The summed E-state index contributed by atoms with van der Waals surface area (Å²) < 4.78 is 5.11. The molecule has 2 rings (SSSR count).